The molecule has 0 saturated heterocycles. The summed E-state index contributed by atoms with van der Waals surface area (Å²) in [7, 11) is 0.516. The number of sulfone groups is 2. The van der Waals surface area contributed by atoms with Gasteiger partial charge in [-0.05, 0) is 131 Å². The Labute approximate surface area is 627 Å². The summed E-state index contributed by atoms with van der Waals surface area (Å²) in [5, 5.41) is 49.9. The molecular weight excluding hydrogens is 1480 g/mol. The van der Waals surface area contributed by atoms with E-state index >= 15 is 0 Å². The first-order chi connectivity index (χ1) is 50.2. The second-order valence-corrected chi connectivity index (χ2v) is 30.4. The summed E-state index contributed by atoms with van der Waals surface area (Å²) >= 11 is 13.9. The lowest BCUT2D eigenvalue weighted by molar-refractivity contribution is 0.409. The van der Waals surface area contributed by atoms with Crippen LogP contribution in [0.5, 0.6) is 28.7 Å². The van der Waals surface area contributed by atoms with Gasteiger partial charge in [-0.3, -0.25) is 19.1 Å². The van der Waals surface area contributed by atoms with Gasteiger partial charge in [0.2, 0.25) is 0 Å². The van der Waals surface area contributed by atoms with E-state index in [9.17, 15) is 21.2 Å². The number of fused-ring (bicyclic) bond motifs is 4. The van der Waals surface area contributed by atoms with Gasteiger partial charge in [-0.15, -0.1) is 35.1 Å². The van der Waals surface area contributed by atoms with E-state index in [0.717, 1.165) is 83.5 Å². The molecule has 0 bridgehead atoms. The van der Waals surface area contributed by atoms with Crippen LogP contribution in [0.3, 0.4) is 0 Å². The largest absolute Gasteiger partial charge is 0.496 e. The standard InChI is InChI=1S/C21H20ClN3O3S2.C21H16ClN3O3S2.C16H14N4O.C8H6FNO.C8H9N3O.ClH/c2*1-28-18-7-3-6-17-21(18)16(13-30(26,27)20-9-8-19(22)29-20)24-25(17)12-15-5-2-4-14(10-15)11-23;1-21-14-7-3-6-13-15(14)16(18)19-20(13)10-12-5-2-4-11(8-12)9-17;1-11-8-4-2-3-7(9)6(8)5-10;1-12-6-4-2-3-5-7(6)8(9)11-10-5;/h2-10H,11-13,23H2,1H3;2-10H,12-13H2,1H3;2-8H,10H2,1H3,(H2,18,19);2-4H,1H3;2-4H,1H3,(H3,9,10,11);1H. The molecule has 0 aliphatic carbocycles. The summed E-state index contributed by atoms with van der Waals surface area (Å²) in [6.07, 6.45) is 0. The normalized spacial score (nSPS) is 10.9. The van der Waals surface area contributed by atoms with Crippen LogP contribution < -0.4 is 40.9 Å². The van der Waals surface area contributed by atoms with Crippen LogP contribution >= 0.6 is 58.3 Å². The highest BCUT2D eigenvalue weighted by Gasteiger charge is 2.27. The predicted octanol–water partition coefficient (Wildman–Crippen LogP) is 14.7. The van der Waals surface area contributed by atoms with Crippen LogP contribution in [0, 0.1) is 39.8 Å². The molecule has 0 atom stereocenters. The highest BCUT2D eigenvalue weighted by Crippen LogP contribution is 2.37. The number of rotatable bonds is 18. The Bertz CT molecular complexity index is 5800. The number of halogens is 4. The lowest BCUT2D eigenvalue weighted by Gasteiger charge is -2.06. The van der Waals surface area contributed by atoms with Crippen LogP contribution in [-0.2, 0) is 57.4 Å². The number of hydrogen-bond acceptors (Lipinski definition) is 21. The molecule has 14 aromatic rings. The quantitative estimate of drug-likeness (QED) is 0.0620. The van der Waals surface area contributed by atoms with Gasteiger partial charge in [-0.2, -0.15) is 36.2 Å². The number of thiophene rings is 2. The van der Waals surface area contributed by atoms with E-state index in [1.807, 2.05) is 126 Å². The maximum Gasteiger partial charge on any atom is 0.193 e. The van der Waals surface area contributed by atoms with Gasteiger partial charge in [0.25, 0.3) is 0 Å². The predicted molar refractivity (Wildman–Crippen MR) is 410 cm³/mol. The van der Waals surface area contributed by atoms with Gasteiger partial charge < -0.3 is 40.9 Å². The van der Waals surface area contributed by atoms with Gasteiger partial charge in [0, 0.05) is 6.54 Å². The van der Waals surface area contributed by atoms with Gasteiger partial charge in [-0.25, -0.2) is 21.2 Å². The summed E-state index contributed by atoms with van der Waals surface area (Å²) in [5.41, 5.74) is 26.7. The van der Waals surface area contributed by atoms with Crippen LogP contribution in [0.25, 0.3) is 43.6 Å². The van der Waals surface area contributed by atoms with Gasteiger partial charge >= 0.3 is 0 Å². The number of hydrogen-bond donors (Lipinski definition) is 4. The lowest BCUT2D eigenvalue weighted by Crippen LogP contribution is -2.06. The molecule has 0 aliphatic heterocycles. The Morgan fingerprint density at radius 3 is 1.30 bits per heavy atom. The third-order valence-corrected chi connectivity index (χ3v) is 22.7. The van der Waals surface area contributed by atoms with Crippen LogP contribution in [-0.4, -0.2) is 91.9 Å². The van der Waals surface area contributed by atoms with Crippen molar-refractivity contribution in [1.29, 1.82) is 15.8 Å². The SMILES string of the molecule is COc1cccc(F)c1C#N.COc1cccc2[nH]nc(N)c12.COc1cccc2c1c(CS(=O)(=O)c1ccc(Cl)s1)nn2Cc1cccc(C#N)c1.COc1cccc2c1c(CS(=O)(=O)c1ccc(Cl)s1)nn2Cc1cccc(CN)c1.COc1cccc2c1c(N)nn2Cc1cccc(C#N)c1.Cl. The number of aromatic nitrogens is 8. The zero-order valence-corrected chi connectivity index (χ0v) is 62.3. The van der Waals surface area contributed by atoms with E-state index in [0.29, 0.717) is 97.0 Å². The number of nitrogens with zero attached hydrogens (tertiary/aromatic N) is 10. The Balaban J connectivity index is 0.000000159. The smallest absolute Gasteiger partial charge is 0.193 e. The van der Waals surface area contributed by atoms with Crippen LogP contribution in [0.1, 0.15) is 50.3 Å². The number of nitrogens with one attached hydrogen (secondary N) is 1. The van der Waals surface area contributed by atoms with Crippen molar-refractivity contribution >= 4 is 133 Å². The van der Waals surface area contributed by atoms with Gasteiger partial charge in [0.05, 0.1) is 142 Å². The molecule has 0 aliphatic rings. The van der Waals surface area contributed by atoms with Gasteiger partial charge in [0.1, 0.15) is 66.1 Å². The number of nitrogen functional groups attached to an aromatic ring is 2. The Morgan fingerprint density at radius 2 is 0.867 bits per heavy atom. The third-order valence-electron chi connectivity index (χ3n) is 15.9. The number of nitriles is 3. The fourth-order valence-electron chi connectivity index (χ4n) is 11.2. The first-order valence-electron chi connectivity index (χ1n) is 31.2. The minimum atomic E-state index is -3.62. The fourth-order valence-corrected chi connectivity index (χ4v) is 16.8. The number of nitrogens with two attached hydrogens (primary N) is 3. The third kappa shape index (κ3) is 18.4. The molecule has 0 saturated carbocycles. The lowest BCUT2D eigenvalue weighted by atomic mass is 10.1. The number of methoxy groups -OCH3 is 5. The molecule has 8 aromatic carbocycles. The Morgan fingerprint density at radius 1 is 0.476 bits per heavy atom. The molecule has 0 radical (unpaired) electrons. The molecular formula is C74H66Cl3FN14O9S4. The Hall–Kier alpha value is -11.2. The van der Waals surface area contributed by atoms with Crippen molar-refractivity contribution in [1.82, 2.24) is 39.5 Å². The number of aromatic amines is 1. The van der Waals surface area contributed by atoms with E-state index in [2.05, 4.69) is 37.6 Å². The summed E-state index contributed by atoms with van der Waals surface area (Å²) < 4.78 is 97.4. The van der Waals surface area contributed by atoms with Gasteiger partial charge in [0.15, 0.2) is 31.3 Å². The van der Waals surface area contributed by atoms with E-state index in [4.69, 9.17) is 79.9 Å². The highest BCUT2D eigenvalue weighted by atomic mass is 35.5. The monoisotopic (exact) mass is 1550 g/mol. The summed E-state index contributed by atoms with van der Waals surface area (Å²) in [4.78, 5) is 0. The first-order valence-corrected chi connectivity index (χ1v) is 36.9. The van der Waals surface area contributed by atoms with E-state index in [-0.39, 0.29) is 43.6 Å². The molecule has 538 valence electrons. The van der Waals surface area contributed by atoms with Gasteiger partial charge in [-0.1, -0.05) is 102 Å². The number of ether oxygens (including phenoxy) is 5. The van der Waals surface area contributed by atoms with E-state index in [1.165, 1.54) is 31.4 Å². The van der Waals surface area contributed by atoms with Crippen molar-refractivity contribution in [3.05, 3.63) is 253 Å². The van der Waals surface area contributed by atoms with Crippen LogP contribution in [0.15, 0.2) is 196 Å². The summed E-state index contributed by atoms with van der Waals surface area (Å²) in [5.74, 6) is 2.73. The second-order valence-electron chi connectivity index (χ2n) is 22.5. The van der Waals surface area contributed by atoms with Crippen molar-refractivity contribution in [3.63, 3.8) is 0 Å². The average molecular weight is 1550 g/mol. The molecule has 0 unspecified atom stereocenters. The summed E-state index contributed by atoms with van der Waals surface area (Å²) in [6, 6.07) is 61.5. The van der Waals surface area contributed by atoms with E-state index < -0.39 is 25.5 Å². The highest BCUT2D eigenvalue weighted by molar-refractivity contribution is 7.93. The topological polar surface area (TPSA) is 346 Å². The van der Waals surface area contributed by atoms with Crippen molar-refractivity contribution < 1.29 is 44.9 Å². The molecule has 6 aromatic heterocycles. The molecule has 0 amide bonds. The summed E-state index contributed by atoms with van der Waals surface area (Å²) in [6.45, 7) is 1.89. The zero-order valence-electron chi connectivity index (χ0n) is 56.7. The maximum absolute atomic E-state index is 13.0. The molecule has 6 heterocycles. The first kappa shape index (κ1) is 77.9. The maximum atomic E-state index is 13.0. The molecule has 23 nitrogen and oxygen atoms in total. The average Bonchev–Trinajstić information content (AvgIpc) is 1.61. The molecule has 31 heteroatoms. The fraction of sp³-hybridized carbons (Fsp3) is 0.149. The molecule has 7 N–H and O–H groups in total. The van der Waals surface area contributed by atoms with Crippen LogP contribution in [0.2, 0.25) is 8.67 Å². The molecule has 105 heavy (non-hydrogen) atoms. The number of anilines is 2. The minimum Gasteiger partial charge on any atom is -0.496 e. The zero-order chi connectivity index (χ0) is 74.2. The Kier molecular flexibility index (Phi) is 26.2. The van der Waals surface area contributed by atoms with E-state index in [1.54, 1.807) is 86.3 Å². The second kappa shape index (κ2) is 35.3. The van der Waals surface area contributed by atoms with Crippen molar-refractivity contribution in [2.24, 2.45) is 5.73 Å². The number of benzene rings is 8. The molecule has 0 spiro atoms. The number of H-pyrrole nitrogens is 1. The molecule has 0 fully saturated rings. The van der Waals surface area contributed by atoms with Crippen molar-refractivity contribution in [2.45, 2.75) is 46.1 Å². The van der Waals surface area contributed by atoms with Crippen LogP contribution in [0.4, 0.5) is 16.0 Å². The molecule has 14 rings (SSSR count). The minimum absolute atomic E-state index is 0. The van der Waals surface area contributed by atoms with Crippen molar-refractivity contribution in [3.8, 4) is 47.0 Å². The van der Waals surface area contributed by atoms with Crippen molar-refractivity contribution in [2.75, 3.05) is 47.0 Å².